The normalized spacial score (nSPS) is 12.0. The van der Waals surface area contributed by atoms with Crippen LogP contribution in [0.2, 0.25) is 0 Å². The lowest BCUT2D eigenvalue weighted by atomic mass is 9.94. The molecule has 0 spiro atoms. The van der Waals surface area contributed by atoms with Gasteiger partial charge in [0.25, 0.3) is 0 Å². The van der Waals surface area contributed by atoms with Gasteiger partial charge in [-0.3, -0.25) is 9.78 Å². The molecule has 0 aliphatic rings. The van der Waals surface area contributed by atoms with Crippen molar-refractivity contribution in [1.82, 2.24) is 25.5 Å². The third kappa shape index (κ3) is 5.78. The second-order valence-electron chi connectivity index (χ2n) is 9.93. The molecule has 1 atom stereocenters. The van der Waals surface area contributed by atoms with Crippen molar-refractivity contribution in [2.24, 2.45) is 0 Å². The van der Waals surface area contributed by atoms with Crippen LogP contribution >= 0.6 is 0 Å². The topological polar surface area (TPSA) is 96.7 Å². The van der Waals surface area contributed by atoms with Crippen LogP contribution in [0.15, 0.2) is 89.6 Å². The van der Waals surface area contributed by atoms with Gasteiger partial charge in [0.1, 0.15) is 17.5 Å². The van der Waals surface area contributed by atoms with E-state index in [1.165, 1.54) is 24.3 Å². The lowest BCUT2D eigenvalue weighted by Crippen LogP contribution is -2.32. The van der Waals surface area contributed by atoms with Crippen molar-refractivity contribution in [3.8, 4) is 22.6 Å². The summed E-state index contributed by atoms with van der Waals surface area (Å²) in [5, 5.41) is 11.6. The Bertz CT molecular complexity index is 1900. The standard InChI is InChI=1S/C32H24F3N5O2/c1-18-39-40-32(42-18)21-5-2-4-20(13-21)26-6-3-9-36-31(26)29(12-19-10-24(34)15-25(35)11-19)38-30(41)14-22-17-37-28-8-7-23(33)16-27(22)28/h2-11,13,15-17,29,37H,12,14H2,1H3,(H,38,41). The molecule has 0 bridgehead atoms. The zero-order chi connectivity index (χ0) is 29.2. The van der Waals surface area contributed by atoms with Gasteiger partial charge in [-0.2, -0.15) is 0 Å². The Hall–Kier alpha value is -5.25. The van der Waals surface area contributed by atoms with E-state index in [-0.39, 0.29) is 18.7 Å². The molecule has 0 fully saturated rings. The molecule has 1 amide bonds. The summed E-state index contributed by atoms with van der Waals surface area (Å²) in [6.07, 6.45) is 3.27. The summed E-state index contributed by atoms with van der Waals surface area (Å²) in [4.78, 5) is 21.1. The summed E-state index contributed by atoms with van der Waals surface area (Å²) >= 11 is 0. The molecule has 6 aromatic rings. The van der Waals surface area contributed by atoms with Crippen LogP contribution in [0, 0.1) is 24.4 Å². The predicted molar refractivity (Wildman–Crippen MR) is 151 cm³/mol. The first-order valence-corrected chi connectivity index (χ1v) is 13.2. The van der Waals surface area contributed by atoms with Crippen molar-refractivity contribution in [3.05, 3.63) is 125 Å². The molecular weight excluding hydrogens is 543 g/mol. The van der Waals surface area contributed by atoms with E-state index in [1.54, 1.807) is 31.5 Å². The minimum atomic E-state index is -0.758. The number of aryl methyl sites for hydroxylation is 1. The molecule has 6 rings (SSSR count). The number of aromatic nitrogens is 4. The van der Waals surface area contributed by atoms with E-state index >= 15 is 0 Å². The molecule has 0 aliphatic heterocycles. The molecule has 10 heteroatoms. The number of hydrogen-bond donors (Lipinski definition) is 2. The molecule has 7 nitrogen and oxygen atoms in total. The van der Waals surface area contributed by atoms with E-state index in [4.69, 9.17) is 4.42 Å². The number of carbonyl (C=O) groups is 1. The maximum Gasteiger partial charge on any atom is 0.247 e. The van der Waals surface area contributed by atoms with Gasteiger partial charge in [0.05, 0.1) is 18.2 Å². The van der Waals surface area contributed by atoms with Gasteiger partial charge in [-0.15, -0.1) is 10.2 Å². The fourth-order valence-corrected chi connectivity index (χ4v) is 5.07. The minimum absolute atomic E-state index is 0.0500. The summed E-state index contributed by atoms with van der Waals surface area (Å²) in [5.41, 5.74) is 4.33. The Morgan fingerprint density at radius 2 is 1.74 bits per heavy atom. The van der Waals surface area contributed by atoms with Crippen LogP contribution in [0.5, 0.6) is 0 Å². The van der Waals surface area contributed by atoms with Gasteiger partial charge in [0.15, 0.2) is 0 Å². The largest absolute Gasteiger partial charge is 0.421 e. The van der Waals surface area contributed by atoms with Crippen LogP contribution in [0.4, 0.5) is 13.2 Å². The summed E-state index contributed by atoms with van der Waals surface area (Å²) in [5.74, 6) is -1.44. The first kappa shape index (κ1) is 26.9. The van der Waals surface area contributed by atoms with Gasteiger partial charge in [-0.25, -0.2) is 13.2 Å². The van der Waals surface area contributed by atoms with Crippen molar-refractivity contribution in [1.29, 1.82) is 0 Å². The average molecular weight is 568 g/mol. The zero-order valence-electron chi connectivity index (χ0n) is 22.4. The average Bonchev–Trinajstić information content (AvgIpc) is 3.58. The highest BCUT2D eigenvalue weighted by molar-refractivity contribution is 5.89. The highest BCUT2D eigenvalue weighted by Gasteiger charge is 2.23. The molecular formula is C32H24F3N5O2. The van der Waals surface area contributed by atoms with Crippen LogP contribution in [0.1, 0.15) is 28.8 Å². The fraction of sp³-hybridized carbons (Fsp3) is 0.125. The van der Waals surface area contributed by atoms with E-state index in [9.17, 15) is 18.0 Å². The molecule has 0 saturated carbocycles. The zero-order valence-corrected chi connectivity index (χ0v) is 22.4. The number of halogens is 3. The van der Waals surface area contributed by atoms with E-state index in [2.05, 4.69) is 25.5 Å². The van der Waals surface area contributed by atoms with E-state index in [0.29, 0.717) is 50.6 Å². The first-order valence-electron chi connectivity index (χ1n) is 13.2. The lowest BCUT2D eigenvalue weighted by Gasteiger charge is -2.22. The SMILES string of the molecule is Cc1nnc(-c2cccc(-c3cccnc3C(Cc3cc(F)cc(F)c3)NC(=O)Cc3c[nH]c4ccc(F)cc34)c2)o1. The van der Waals surface area contributed by atoms with Gasteiger partial charge in [0.2, 0.25) is 17.7 Å². The number of amides is 1. The van der Waals surface area contributed by atoms with Crippen molar-refractivity contribution in [2.75, 3.05) is 0 Å². The summed E-state index contributed by atoms with van der Waals surface area (Å²) in [6.45, 7) is 1.70. The number of fused-ring (bicyclic) bond motifs is 1. The van der Waals surface area contributed by atoms with Gasteiger partial charge < -0.3 is 14.7 Å². The second-order valence-corrected chi connectivity index (χ2v) is 9.93. The third-order valence-electron chi connectivity index (χ3n) is 6.89. The monoisotopic (exact) mass is 567 g/mol. The number of hydrogen-bond acceptors (Lipinski definition) is 5. The number of H-pyrrole nitrogens is 1. The molecule has 42 heavy (non-hydrogen) atoms. The van der Waals surface area contributed by atoms with Crippen molar-refractivity contribution in [3.63, 3.8) is 0 Å². The molecule has 0 saturated heterocycles. The molecule has 3 aromatic heterocycles. The maximum absolute atomic E-state index is 14.1. The van der Waals surface area contributed by atoms with Crippen LogP contribution < -0.4 is 5.32 Å². The Labute approximate surface area is 238 Å². The fourth-order valence-electron chi connectivity index (χ4n) is 5.07. The van der Waals surface area contributed by atoms with E-state index in [1.807, 2.05) is 30.3 Å². The van der Waals surface area contributed by atoms with Crippen LogP contribution in [0.3, 0.4) is 0 Å². The summed E-state index contributed by atoms with van der Waals surface area (Å²) < 4.78 is 47.8. The number of benzene rings is 3. The number of aromatic amines is 1. The Morgan fingerprint density at radius 1 is 0.929 bits per heavy atom. The molecule has 210 valence electrons. The number of nitrogens with one attached hydrogen (secondary N) is 2. The van der Waals surface area contributed by atoms with Crippen LogP contribution in [-0.4, -0.2) is 26.1 Å². The summed E-state index contributed by atoms with van der Waals surface area (Å²) in [6, 6.07) is 17.9. The van der Waals surface area contributed by atoms with Gasteiger partial charge in [-0.05, 0) is 71.6 Å². The number of carbonyl (C=O) groups excluding carboxylic acids is 1. The van der Waals surface area contributed by atoms with Gasteiger partial charge in [0, 0.05) is 47.4 Å². The number of pyridine rings is 1. The van der Waals surface area contributed by atoms with Crippen LogP contribution in [-0.2, 0) is 17.6 Å². The van der Waals surface area contributed by atoms with E-state index < -0.39 is 23.5 Å². The Balaban J connectivity index is 1.36. The number of rotatable bonds is 8. The predicted octanol–water partition coefficient (Wildman–Crippen LogP) is 6.65. The molecule has 2 N–H and O–H groups in total. The van der Waals surface area contributed by atoms with Crippen molar-refractivity contribution < 1.29 is 22.4 Å². The quantitative estimate of drug-likeness (QED) is 0.215. The molecule has 0 aliphatic carbocycles. The maximum atomic E-state index is 14.1. The Morgan fingerprint density at radius 3 is 2.52 bits per heavy atom. The second kappa shape index (κ2) is 11.3. The van der Waals surface area contributed by atoms with Gasteiger partial charge >= 0.3 is 0 Å². The van der Waals surface area contributed by atoms with Crippen molar-refractivity contribution in [2.45, 2.75) is 25.8 Å². The first-order chi connectivity index (χ1) is 20.3. The van der Waals surface area contributed by atoms with E-state index in [0.717, 1.165) is 11.6 Å². The lowest BCUT2D eigenvalue weighted by molar-refractivity contribution is -0.121. The molecule has 3 aromatic carbocycles. The highest BCUT2D eigenvalue weighted by atomic mass is 19.1. The minimum Gasteiger partial charge on any atom is -0.421 e. The highest BCUT2D eigenvalue weighted by Crippen LogP contribution is 2.32. The molecule has 0 radical (unpaired) electrons. The Kier molecular flexibility index (Phi) is 7.26. The smallest absolute Gasteiger partial charge is 0.247 e. The van der Waals surface area contributed by atoms with Gasteiger partial charge in [-0.1, -0.05) is 18.2 Å². The molecule has 1 unspecified atom stereocenters. The molecule has 3 heterocycles. The summed E-state index contributed by atoms with van der Waals surface area (Å²) in [7, 11) is 0. The number of nitrogens with zero attached hydrogens (tertiary/aromatic N) is 3. The van der Waals surface area contributed by atoms with Crippen LogP contribution in [0.25, 0.3) is 33.5 Å². The van der Waals surface area contributed by atoms with Crippen molar-refractivity contribution >= 4 is 16.8 Å². The third-order valence-corrected chi connectivity index (χ3v) is 6.89.